The summed E-state index contributed by atoms with van der Waals surface area (Å²) in [6.07, 6.45) is 2.02. The SMILES string of the molecule is CC(C)(C)c1cc(NC(=O)Nc2ccc(OCCCCCOC(=O)Nc3cc(C(C)(C)C)cc(C(C)(C)C)c3)cc2)cc(C(C)(C)C)c1. The van der Waals surface area contributed by atoms with Gasteiger partial charge in [0.2, 0.25) is 0 Å². The Kier molecular flexibility index (Phi) is 12.4. The van der Waals surface area contributed by atoms with Gasteiger partial charge in [-0.3, -0.25) is 5.32 Å². The number of hydrogen-bond donors (Lipinski definition) is 3. The number of carbonyl (C=O) groups is 2. The first-order valence-corrected chi connectivity index (χ1v) is 17.2. The molecule has 262 valence electrons. The van der Waals surface area contributed by atoms with Crippen molar-refractivity contribution in [2.45, 2.75) is 124 Å². The molecule has 0 aromatic heterocycles. The minimum absolute atomic E-state index is 0.0321. The largest absolute Gasteiger partial charge is 0.494 e. The molecule has 0 saturated carbocycles. The number of carbonyl (C=O) groups excluding carboxylic acids is 2. The van der Waals surface area contributed by atoms with Crippen LogP contribution in [0, 0.1) is 0 Å². The third-order valence-corrected chi connectivity index (χ3v) is 8.24. The van der Waals surface area contributed by atoms with Crippen LogP contribution in [0.5, 0.6) is 5.75 Å². The first kappa shape index (κ1) is 38.4. The predicted molar refractivity (Wildman–Crippen MR) is 201 cm³/mol. The smallest absolute Gasteiger partial charge is 0.411 e. The van der Waals surface area contributed by atoms with Gasteiger partial charge in [0.1, 0.15) is 5.75 Å². The molecule has 3 N–H and O–H groups in total. The van der Waals surface area contributed by atoms with E-state index in [0.29, 0.717) is 18.9 Å². The lowest BCUT2D eigenvalue weighted by Gasteiger charge is -2.26. The minimum atomic E-state index is -0.437. The number of amides is 3. The molecule has 0 heterocycles. The van der Waals surface area contributed by atoms with Crippen LogP contribution in [0.2, 0.25) is 0 Å². The second-order valence-corrected chi connectivity index (χ2v) is 16.9. The summed E-state index contributed by atoms with van der Waals surface area (Å²) in [5, 5.41) is 8.84. The molecular weight excluding hydrogens is 598 g/mol. The minimum Gasteiger partial charge on any atom is -0.494 e. The van der Waals surface area contributed by atoms with Crippen molar-refractivity contribution in [3.63, 3.8) is 0 Å². The van der Waals surface area contributed by atoms with E-state index in [1.54, 1.807) is 0 Å². The van der Waals surface area contributed by atoms with Crippen molar-refractivity contribution in [2.75, 3.05) is 29.2 Å². The Bertz CT molecular complexity index is 1470. The molecule has 7 heteroatoms. The summed E-state index contributed by atoms with van der Waals surface area (Å²) in [6, 6.07) is 19.7. The van der Waals surface area contributed by atoms with E-state index in [2.05, 4.69) is 111 Å². The molecule has 0 aliphatic heterocycles. The van der Waals surface area contributed by atoms with Crippen LogP contribution in [0.1, 0.15) is 125 Å². The Morgan fingerprint density at radius 2 is 0.896 bits per heavy atom. The standard InChI is InChI=1S/C41H59N3O4/c1-38(2,3)28-22-29(39(4,5)6)25-33(24-28)43-36(45)42-32-16-18-35(19-17-32)47-20-14-13-15-21-48-37(46)44-34-26-30(40(7,8)9)23-31(27-34)41(10,11)12/h16-19,22-27H,13-15,20-21H2,1-12H3,(H,44,46)(H2,42,43,45). The average molecular weight is 658 g/mol. The number of urea groups is 1. The highest BCUT2D eigenvalue weighted by atomic mass is 16.5. The maximum Gasteiger partial charge on any atom is 0.411 e. The average Bonchev–Trinajstić information content (AvgIpc) is 2.95. The van der Waals surface area contributed by atoms with E-state index in [1.165, 1.54) is 22.3 Å². The van der Waals surface area contributed by atoms with Gasteiger partial charge in [-0.25, -0.2) is 9.59 Å². The Hall–Kier alpha value is -4.00. The van der Waals surface area contributed by atoms with Gasteiger partial charge in [0.05, 0.1) is 13.2 Å². The van der Waals surface area contributed by atoms with E-state index >= 15 is 0 Å². The fraction of sp³-hybridized carbons (Fsp3) is 0.512. The Morgan fingerprint density at radius 1 is 0.500 bits per heavy atom. The topological polar surface area (TPSA) is 88.7 Å². The van der Waals surface area contributed by atoms with Crippen LogP contribution >= 0.6 is 0 Å². The lowest BCUT2D eigenvalue weighted by Crippen LogP contribution is -2.22. The molecule has 0 fully saturated rings. The van der Waals surface area contributed by atoms with Crippen molar-refractivity contribution in [1.29, 1.82) is 0 Å². The van der Waals surface area contributed by atoms with Gasteiger partial charge in [-0.2, -0.15) is 0 Å². The lowest BCUT2D eigenvalue weighted by molar-refractivity contribution is 0.158. The van der Waals surface area contributed by atoms with Crippen molar-refractivity contribution in [2.24, 2.45) is 0 Å². The van der Waals surface area contributed by atoms with Crippen molar-refractivity contribution < 1.29 is 19.1 Å². The van der Waals surface area contributed by atoms with Crippen molar-refractivity contribution in [3.05, 3.63) is 82.9 Å². The fourth-order valence-electron chi connectivity index (χ4n) is 4.95. The highest BCUT2D eigenvalue weighted by molar-refractivity contribution is 5.99. The predicted octanol–water partition coefficient (Wildman–Crippen LogP) is 11.3. The van der Waals surface area contributed by atoms with E-state index in [0.717, 1.165) is 36.4 Å². The third kappa shape index (κ3) is 12.2. The molecule has 3 aromatic carbocycles. The zero-order chi connectivity index (χ0) is 35.9. The number of anilines is 3. The summed E-state index contributed by atoms with van der Waals surface area (Å²) in [6.45, 7) is 27.0. The van der Waals surface area contributed by atoms with Gasteiger partial charge >= 0.3 is 12.1 Å². The van der Waals surface area contributed by atoms with Gasteiger partial charge in [-0.05, 0) is 112 Å². The van der Waals surface area contributed by atoms with Crippen LogP contribution in [0.25, 0.3) is 0 Å². The van der Waals surface area contributed by atoms with E-state index in [4.69, 9.17) is 9.47 Å². The third-order valence-electron chi connectivity index (χ3n) is 8.24. The van der Waals surface area contributed by atoms with E-state index in [9.17, 15) is 9.59 Å². The molecule has 3 rings (SSSR count). The van der Waals surface area contributed by atoms with Gasteiger partial charge in [-0.15, -0.1) is 0 Å². The number of nitrogens with one attached hydrogen (secondary N) is 3. The van der Waals surface area contributed by atoms with Gasteiger partial charge in [-0.1, -0.05) is 95.2 Å². The summed E-state index contributed by atoms with van der Waals surface area (Å²) >= 11 is 0. The van der Waals surface area contributed by atoms with E-state index in [-0.39, 0.29) is 27.7 Å². The van der Waals surface area contributed by atoms with Crippen LogP contribution in [-0.2, 0) is 26.4 Å². The Labute approximate surface area is 289 Å². The van der Waals surface area contributed by atoms with Crippen LogP contribution < -0.4 is 20.7 Å². The van der Waals surface area contributed by atoms with Crippen molar-refractivity contribution in [1.82, 2.24) is 0 Å². The summed E-state index contributed by atoms with van der Waals surface area (Å²) in [5.41, 5.74) is 6.78. The number of hydrogen-bond acceptors (Lipinski definition) is 4. The highest BCUT2D eigenvalue weighted by Gasteiger charge is 2.22. The summed E-state index contributed by atoms with van der Waals surface area (Å²) in [7, 11) is 0. The number of benzene rings is 3. The number of ether oxygens (including phenoxy) is 2. The number of unbranched alkanes of at least 4 members (excludes halogenated alkanes) is 2. The summed E-state index contributed by atoms with van der Waals surface area (Å²) in [5.74, 6) is 0.733. The highest BCUT2D eigenvalue weighted by Crippen LogP contribution is 2.33. The van der Waals surface area contributed by atoms with Gasteiger partial charge in [0.25, 0.3) is 0 Å². The molecular formula is C41H59N3O4. The maximum absolute atomic E-state index is 12.8. The second kappa shape index (κ2) is 15.5. The maximum atomic E-state index is 12.8. The van der Waals surface area contributed by atoms with E-state index in [1.807, 2.05) is 48.5 Å². The van der Waals surface area contributed by atoms with Crippen LogP contribution in [-0.4, -0.2) is 25.3 Å². The van der Waals surface area contributed by atoms with Crippen LogP contribution in [0.15, 0.2) is 60.7 Å². The molecule has 3 aromatic rings. The summed E-state index contributed by atoms with van der Waals surface area (Å²) < 4.78 is 11.3. The van der Waals surface area contributed by atoms with Crippen molar-refractivity contribution >= 4 is 29.2 Å². The second-order valence-electron chi connectivity index (χ2n) is 16.9. The van der Waals surface area contributed by atoms with Gasteiger partial charge < -0.3 is 20.1 Å². The zero-order valence-corrected chi connectivity index (χ0v) is 31.4. The quantitative estimate of drug-likeness (QED) is 0.189. The lowest BCUT2D eigenvalue weighted by atomic mass is 9.80. The molecule has 7 nitrogen and oxygen atoms in total. The molecule has 0 saturated heterocycles. The van der Waals surface area contributed by atoms with E-state index < -0.39 is 6.09 Å². The Balaban J connectivity index is 1.40. The molecule has 0 spiro atoms. The monoisotopic (exact) mass is 657 g/mol. The van der Waals surface area contributed by atoms with Crippen LogP contribution in [0.3, 0.4) is 0 Å². The van der Waals surface area contributed by atoms with Crippen LogP contribution in [0.4, 0.5) is 26.7 Å². The molecule has 3 amide bonds. The molecule has 0 aliphatic rings. The Morgan fingerprint density at radius 3 is 1.33 bits per heavy atom. The number of rotatable bonds is 10. The zero-order valence-electron chi connectivity index (χ0n) is 31.4. The first-order chi connectivity index (χ1) is 22.1. The normalized spacial score (nSPS) is 12.3. The molecule has 0 unspecified atom stereocenters. The first-order valence-electron chi connectivity index (χ1n) is 17.2. The molecule has 0 radical (unpaired) electrons. The fourth-order valence-corrected chi connectivity index (χ4v) is 4.95. The van der Waals surface area contributed by atoms with Gasteiger partial charge in [0, 0.05) is 17.1 Å². The van der Waals surface area contributed by atoms with Crippen molar-refractivity contribution in [3.8, 4) is 5.75 Å². The molecule has 0 atom stereocenters. The summed E-state index contributed by atoms with van der Waals surface area (Å²) in [4.78, 5) is 25.3. The molecule has 48 heavy (non-hydrogen) atoms. The molecule has 0 aliphatic carbocycles. The molecule has 0 bridgehead atoms. The van der Waals surface area contributed by atoms with Gasteiger partial charge in [0.15, 0.2) is 0 Å².